The zero-order chi connectivity index (χ0) is 10.8. The Balaban J connectivity index is 2.05. The van der Waals surface area contributed by atoms with Gasteiger partial charge in [0.1, 0.15) is 0 Å². The first-order valence-electron chi connectivity index (χ1n) is 4.38. The van der Waals surface area contributed by atoms with Crippen molar-refractivity contribution in [3.05, 3.63) is 22.6 Å². The van der Waals surface area contributed by atoms with Crippen LogP contribution >= 0.6 is 23.3 Å². The summed E-state index contributed by atoms with van der Waals surface area (Å²) in [5.41, 5.74) is 2.25. The fraction of sp³-hybridized carbons (Fsp3) is 0.375. The highest BCUT2D eigenvalue weighted by molar-refractivity contribution is 6.99. The zero-order valence-electron chi connectivity index (χ0n) is 8.36. The van der Waals surface area contributed by atoms with Crippen LogP contribution in [0.5, 0.6) is 0 Å². The molecule has 0 aliphatic rings. The van der Waals surface area contributed by atoms with Gasteiger partial charge in [-0.15, -0.1) is 0 Å². The number of nitrogens with zero attached hydrogens (tertiary/aromatic N) is 4. The lowest BCUT2D eigenvalue weighted by Crippen LogP contribution is -2.01. The summed E-state index contributed by atoms with van der Waals surface area (Å²) in [6.45, 7) is 2.68. The van der Waals surface area contributed by atoms with E-state index in [4.69, 9.17) is 11.6 Å². The van der Waals surface area contributed by atoms with Gasteiger partial charge in [-0.2, -0.15) is 13.8 Å². The third kappa shape index (κ3) is 2.10. The maximum atomic E-state index is 5.80. The first-order valence-corrected chi connectivity index (χ1v) is 5.48. The van der Waals surface area contributed by atoms with Gasteiger partial charge in [0.2, 0.25) is 0 Å². The molecule has 1 N–H and O–H groups in total. The normalized spacial score (nSPS) is 10.6. The second-order valence-corrected chi connectivity index (χ2v) is 4.02. The first kappa shape index (κ1) is 10.4. The summed E-state index contributed by atoms with van der Waals surface area (Å²) in [5, 5.41) is 7.68. The number of aryl methyl sites for hydroxylation is 1. The van der Waals surface area contributed by atoms with Gasteiger partial charge in [-0.3, -0.25) is 4.68 Å². The van der Waals surface area contributed by atoms with Crippen LogP contribution < -0.4 is 5.32 Å². The fourth-order valence-electron chi connectivity index (χ4n) is 1.18. The molecule has 80 valence electrons. The summed E-state index contributed by atoms with van der Waals surface area (Å²) < 4.78 is 9.73. The lowest BCUT2D eigenvalue weighted by Gasteiger charge is -2.02. The molecular weight excluding hydrogens is 234 g/mol. The van der Waals surface area contributed by atoms with Crippen LogP contribution in [-0.4, -0.2) is 18.5 Å². The molecule has 2 rings (SSSR count). The SMILES string of the molecule is Cc1c(CNc2nsnc2Cl)cnn1C. The molecule has 2 aromatic rings. The fourth-order valence-corrected chi connectivity index (χ4v) is 1.86. The van der Waals surface area contributed by atoms with E-state index in [1.165, 1.54) is 0 Å². The number of nitrogens with one attached hydrogen (secondary N) is 1. The van der Waals surface area contributed by atoms with Crippen molar-refractivity contribution in [2.75, 3.05) is 5.32 Å². The molecule has 0 radical (unpaired) electrons. The van der Waals surface area contributed by atoms with E-state index >= 15 is 0 Å². The Hall–Kier alpha value is -1.14. The van der Waals surface area contributed by atoms with Gasteiger partial charge < -0.3 is 5.32 Å². The van der Waals surface area contributed by atoms with Crippen molar-refractivity contribution in [2.45, 2.75) is 13.5 Å². The molecule has 0 unspecified atom stereocenters. The molecule has 0 atom stereocenters. The molecule has 2 heterocycles. The highest BCUT2D eigenvalue weighted by atomic mass is 35.5. The Bertz CT molecular complexity index is 463. The number of aromatic nitrogens is 4. The highest BCUT2D eigenvalue weighted by Crippen LogP contribution is 2.19. The predicted molar refractivity (Wildman–Crippen MR) is 60.2 cm³/mol. The summed E-state index contributed by atoms with van der Waals surface area (Å²) >= 11 is 6.90. The van der Waals surface area contributed by atoms with E-state index in [2.05, 4.69) is 19.2 Å². The van der Waals surface area contributed by atoms with E-state index in [9.17, 15) is 0 Å². The monoisotopic (exact) mass is 243 g/mol. The molecule has 0 saturated heterocycles. The van der Waals surface area contributed by atoms with Gasteiger partial charge in [-0.05, 0) is 6.92 Å². The lowest BCUT2D eigenvalue weighted by molar-refractivity contribution is 0.738. The molecule has 0 amide bonds. The quantitative estimate of drug-likeness (QED) is 0.894. The van der Waals surface area contributed by atoms with E-state index in [0.29, 0.717) is 17.5 Å². The second kappa shape index (κ2) is 4.16. The van der Waals surface area contributed by atoms with Crippen LogP contribution in [0.15, 0.2) is 6.20 Å². The third-order valence-electron chi connectivity index (χ3n) is 2.23. The van der Waals surface area contributed by atoms with Crippen molar-refractivity contribution in [3.8, 4) is 0 Å². The molecule has 5 nitrogen and oxygen atoms in total. The minimum Gasteiger partial charge on any atom is -0.362 e. The molecular formula is C8H10ClN5S. The topological polar surface area (TPSA) is 55.6 Å². The van der Waals surface area contributed by atoms with E-state index in [0.717, 1.165) is 23.0 Å². The summed E-state index contributed by atoms with van der Waals surface area (Å²) in [5.74, 6) is 0.630. The highest BCUT2D eigenvalue weighted by Gasteiger charge is 2.07. The Kier molecular flexibility index (Phi) is 2.88. The van der Waals surface area contributed by atoms with Crippen molar-refractivity contribution in [1.82, 2.24) is 18.5 Å². The molecule has 0 fully saturated rings. The maximum absolute atomic E-state index is 5.80. The van der Waals surface area contributed by atoms with Crippen LogP contribution in [0.25, 0.3) is 0 Å². The number of hydrogen-bond donors (Lipinski definition) is 1. The van der Waals surface area contributed by atoms with E-state index < -0.39 is 0 Å². The van der Waals surface area contributed by atoms with Crippen LogP contribution in [0, 0.1) is 6.92 Å². The van der Waals surface area contributed by atoms with Gasteiger partial charge in [0.25, 0.3) is 0 Å². The molecule has 0 aliphatic heterocycles. The largest absolute Gasteiger partial charge is 0.362 e. The predicted octanol–water partition coefficient (Wildman–Crippen LogP) is 1.85. The second-order valence-electron chi connectivity index (χ2n) is 3.14. The van der Waals surface area contributed by atoms with Crippen molar-refractivity contribution in [1.29, 1.82) is 0 Å². The van der Waals surface area contributed by atoms with Crippen LogP contribution in [0.2, 0.25) is 5.15 Å². The number of halogens is 1. The maximum Gasteiger partial charge on any atom is 0.186 e. The molecule has 0 aromatic carbocycles. The molecule has 15 heavy (non-hydrogen) atoms. The van der Waals surface area contributed by atoms with Crippen LogP contribution in [0.4, 0.5) is 5.82 Å². The molecule has 7 heteroatoms. The molecule has 2 aromatic heterocycles. The van der Waals surface area contributed by atoms with Gasteiger partial charge >= 0.3 is 0 Å². The first-order chi connectivity index (χ1) is 7.18. The molecule has 0 aliphatic carbocycles. The standard InChI is InChI=1S/C8H10ClN5S/c1-5-6(4-11-14(5)2)3-10-8-7(9)12-15-13-8/h4H,3H2,1-2H3,(H,10,13). The van der Waals surface area contributed by atoms with Gasteiger partial charge in [0, 0.05) is 24.8 Å². The zero-order valence-corrected chi connectivity index (χ0v) is 9.93. The summed E-state index contributed by atoms with van der Waals surface area (Å²) in [4.78, 5) is 0. The van der Waals surface area contributed by atoms with Gasteiger partial charge in [-0.1, -0.05) is 11.6 Å². The van der Waals surface area contributed by atoms with E-state index in [-0.39, 0.29) is 0 Å². The van der Waals surface area contributed by atoms with Crippen molar-refractivity contribution < 1.29 is 0 Å². The van der Waals surface area contributed by atoms with Gasteiger partial charge in [0.05, 0.1) is 17.9 Å². The van der Waals surface area contributed by atoms with Gasteiger partial charge in [-0.25, -0.2) is 0 Å². The molecule has 0 bridgehead atoms. The van der Waals surface area contributed by atoms with Crippen LogP contribution in [0.3, 0.4) is 0 Å². The van der Waals surface area contributed by atoms with Crippen LogP contribution in [-0.2, 0) is 13.6 Å². The minimum atomic E-state index is 0.418. The lowest BCUT2D eigenvalue weighted by atomic mass is 10.2. The summed E-state index contributed by atoms with van der Waals surface area (Å²) in [6.07, 6.45) is 1.83. The molecule has 0 saturated carbocycles. The van der Waals surface area contributed by atoms with Gasteiger partial charge in [0.15, 0.2) is 11.0 Å². The number of rotatable bonds is 3. The van der Waals surface area contributed by atoms with Crippen molar-refractivity contribution in [3.63, 3.8) is 0 Å². The molecule has 0 spiro atoms. The number of anilines is 1. The van der Waals surface area contributed by atoms with Crippen molar-refractivity contribution >= 4 is 29.1 Å². The van der Waals surface area contributed by atoms with E-state index in [1.807, 2.05) is 24.9 Å². The Morgan fingerprint density at radius 3 is 2.87 bits per heavy atom. The number of hydrogen-bond acceptors (Lipinski definition) is 5. The minimum absolute atomic E-state index is 0.418. The third-order valence-corrected chi connectivity index (χ3v) is 3.12. The Labute approximate surface area is 96.4 Å². The average Bonchev–Trinajstić information content (AvgIpc) is 2.74. The smallest absolute Gasteiger partial charge is 0.186 e. The Morgan fingerprint density at radius 2 is 2.33 bits per heavy atom. The van der Waals surface area contributed by atoms with Crippen molar-refractivity contribution in [2.24, 2.45) is 7.05 Å². The summed E-state index contributed by atoms with van der Waals surface area (Å²) in [6, 6.07) is 0. The average molecular weight is 244 g/mol. The Morgan fingerprint density at radius 1 is 1.53 bits per heavy atom. The summed E-state index contributed by atoms with van der Waals surface area (Å²) in [7, 11) is 1.91. The van der Waals surface area contributed by atoms with Crippen LogP contribution in [0.1, 0.15) is 11.3 Å². The van der Waals surface area contributed by atoms with E-state index in [1.54, 1.807) is 0 Å².